The first kappa shape index (κ1) is 12.2. The van der Waals surface area contributed by atoms with Gasteiger partial charge in [0.1, 0.15) is 0 Å². The predicted octanol–water partition coefficient (Wildman–Crippen LogP) is 1.41. The van der Waals surface area contributed by atoms with Gasteiger partial charge in [-0.15, -0.1) is 0 Å². The van der Waals surface area contributed by atoms with Crippen molar-refractivity contribution in [3.8, 4) is 5.69 Å². The van der Waals surface area contributed by atoms with E-state index >= 15 is 0 Å². The van der Waals surface area contributed by atoms with Gasteiger partial charge in [-0.1, -0.05) is 18.2 Å². The number of H-pyrrole nitrogens is 1. The monoisotopic (exact) mass is 246 g/mol. The highest BCUT2D eigenvalue weighted by molar-refractivity contribution is 5.70. The zero-order valence-corrected chi connectivity index (χ0v) is 10.2. The molecule has 0 aliphatic carbocycles. The molecule has 18 heavy (non-hydrogen) atoms. The van der Waals surface area contributed by atoms with Crippen molar-refractivity contribution in [2.45, 2.75) is 20.3 Å². The number of benzene rings is 1. The van der Waals surface area contributed by atoms with Crippen LogP contribution in [0, 0.1) is 13.8 Å². The summed E-state index contributed by atoms with van der Waals surface area (Å²) in [6.45, 7) is 3.67. The molecule has 94 valence electrons. The fourth-order valence-electron chi connectivity index (χ4n) is 1.97. The van der Waals surface area contributed by atoms with Crippen LogP contribution in [0.15, 0.2) is 29.1 Å². The number of carboxylic acids is 1. The Hall–Kier alpha value is -2.30. The van der Waals surface area contributed by atoms with Gasteiger partial charge in [0.15, 0.2) is 0 Å². The van der Waals surface area contributed by atoms with Crippen LogP contribution in [0.5, 0.6) is 0 Å². The maximum absolute atomic E-state index is 11.7. The number of rotatable bonds is 3. The molecule has 0 radical (unpaired) electrons. The smallest absolute Gasteiger partial charge is 0.308 e. The van der Waals surface area contributed by atoms with Crippen LogP contribution in [0.25, 0.3) is 5.69 Å². The number of carboxylic acid groups (broad SMARTS) is 1. The van der Waals surface area contributed by atoms with Crippen LogP contribution in [0.4, 0.5) is 0 Å². The van der Waals surface area contributed by atoms with E-state index in [1.54, 1.807) is 11.6 Å². The van der Waals surface area contributed by atoms with Crippen molar-refractivity contribution < 1.29 is 9.90 Å². The summed E-state index contributed by atoms with van der Waals surface area (Å²) < 4.78 is 1.63. The average Bonchev–Trinajstić information content (AvgIpc) is 2.57. The predicted molar refractivity (Wildman–Crippen MR) is 67.2 cm³/mol. The van der Waals surface area contributed by atoms with Crippen LogP contribution in [0.3, 0.4) is 0 Å². The number of nitrogens with one attached hydrogen (secondary N) is 1. The number of aromatic amines is 1. The Morgan fingerprint density at radius 1 is 1.33 bits per heavy atom. The minimum Gasteiger partial charge on any atom is -0.481 e. The summed E-state index contributed by atoms with van der Waals surface area (Å²) in [5.41, 5.74) is 2.44. The first-order valence-electron chi connectivity index (χ1n) is 5.59. The van der Waals surface area contributed by atoms with E-state index in [0.717, 1.165) is 11.3 Å². The summed E-state index contributed by atoms with van der Waals surface area (Å²) >= 11 is 0. The number of aromatic nitrogens is 2. The minimum atomic E-state index is -1.01. The largest absolute Gasteiger partial charge is 0.481 e. The van der Waals surface area contributed by atoms with E-state index in [-0.39, 0.29) is 12.0 Å². The molecule has 2 aromatic rings. The van der Waals surface area contributed by atoms with E-state index in [9.17, 15) is 9.59 Å². The molecular formula is C13H14N2O3. The second kappa shape index (κ2) is 4.52. The van der Waals surface area contributed by atoms with Crippen molar-refractivity contribution in [1.29, 1.82) is 0 Å². The average molecular weight is 246 g/mol. The summed E-state index contributed by atoms with van der Waals surface area (Å²) in [7, 11) is 0. The standard InChI is InChI=1S/C13H14N2O3/c1-8-5-3-4-6-11(8)15-9(2)10(7-12(16)17)13(18)14-15/h3-6H,7H2,1-2H3,(H,14,18)(H,16,17). The summed E-state index contributed by atoms with van der Waals surface area (Å²) in [6, 6.07) is 7.59. The third-order valence-electron chi connectivity index (χ3n) is 2.94. The second-order valence-electron chi connectivity index (χ2n) is 4.20. The fourth-order valence-corrected chi connectivity index (χ4v) is 1.97. The zero-order chi connectivity index (χ0) is 13.3. The molecule has 0 saturated carbocycles. The fraction of sp³-hybridized carbons (Fsp3) is 0.231. The molecule has 0 saturated heterocycles. The van der Waals surface area contributed by atoms with E-state index in [1.807, 2.05) is 31.2 Å². The van der Waals surface area contributed by atoms with Gasteiger partial charge in [0.2, 0.25) is 0 Å². The van der Waals surface area contributed by atoms with E-state index in [1.165, 1.54) is 0 Å². The molecular weight excluding hydrogens is 232 g/mol. The second-order valence-corrected chi connectivity index (χ2v) is 4.20. The third-order valence-corrected chi connectivity index (χ3v) is 2.94. The van der Waals surface area contributed by atoms with Crippen molar-refractivity contribution in [1.82, 2.24) is 9.78 Å². The summed E-state index contributed by atoms with van der Waals surface area (Å²) in [5, 5.41) is 11.5. The molecule has 1 heterocycles. The highest BCUT2D eigenvalue weighted by Crippen LogP contribution is 2.15. The third kappa shape index (κ3) is 2.07. The van der Waals surface area contributed by atoms with Gasteiger partial charge < -0.3 is 5.11 Å². The number of para-hydroxylation sites is 1. The number of aryl methyl sites for hydroxylation is 1. The van der Waals surface area contributed by atoms with Crippen molar-refractivity contribution in [2.24, 2.45) is 0 Å². The summed E-state index contributed by atoms with van der Waals surface area (Å²) in [6.07, 6.45) is -0.264. The van der Waals surface area contributed by atoms with Gasteiger partial charge in [0.25, 0.3) is 5.56 Å². The molecule has 0 spiro atoms. The number of nitrogens with zero attached hydrogens (tertiary/aromatic N) is 1. The molecule has 0 atom stereocenters. The van der Waals surface area contributed by atoms with Gasteiger partial charge in [-0.3, -0.25) is 19.4 Å². The van der Waals surface area contributed by atoms with E-state index < -0.39 is 5.97 Å². The van der Waals surface area contributed by atoms with Crippen molar-refractivity contribution in [3.05, 3.63) is 51.4 Å². The Labute approximate surface area is 104 Å². The van der Waals surface area contributed by atoms with Crippen LogP contribution < -0.4 is 5.56 Å². The van der Waals surface area contributed by atoms with E-state index in [4.69, 9.17) is 5.11 Å². The van der Waals surface area contributed by atoms with Crippen LogP contribution in [-0.2, 0) is 11.2 Å². The molecule has 1 aromatic carbocycles. The normalized spacial score (nSPS) is 10.6. The Bertz CT molecular complexity index is 652. The molecule has 2 N–H and O–H groups in total. The first-order chi connectivity index (χ1) is 8.50. The maximum atomic E-state index is 11.7. The molecule has 5 heteroatoms. The molecule has 2 rings (SSSR count). The summed E-state index contributed by atoms with van der Waals surface area (Å²) in [4.78, 5) is 22.5. The lowest BCUT2D eigenvalue weighted by molar-refractivity contribution is -0.136. The number of carbonyl (C=O) groups is 1. The molecule has 0 bridgehead atoms. The van der Waals surface area contributed by atoms with Crippen molar-refractivity contribution in [3.63, 3.8) is 0 Å². The molecule has 0 aliphatic heterocycles. The number of hydrogen-bond acceptors (Lipinski definition) is 2. The Balaban J connectivity index is 2.58. The molecule has 1 aromatic heterocycles. The van der Waals surface area contributed by atoms with E-state index in [2.05, 4.69) is 5.10 Å². The highest BCUT2D eigenvalue weighted by Gasteiger charge is 2.15. The molecule has 5 nitrogen and oxygen atoms in total. The van der Waals surface area contributed by atoms with Gasteiger partial charge in [-0.25, -0.2) is 0 Å². The lowest BCUT2D eigenvalue weighted by Crippen LogP contribution is -2.11. The van der Waals surface area contributed by atoms with Crippen LogP contribution >= 0.6 is 0 Å². The Morgan fingerprint density at radius 2 is 2.00 bits per heavy atom. The molecule has 0 amide bonds. The van der Waals surface area contributed by atoms with Crippen molar-refractivity contribution >= 4 is 5.97 Å². The van der Waals surface area contributed by atoms with Crippen LogP contribution in [0.1, 0.15) is 16.8 Å². The SMILES string of the molecule is Cc1ccccc1-n1[nH]c(=O)c(CC(=O)O)c1C. The van der Waals surface area contributed by atoms with Crippen LogP contribution in [0.2, 0.25) is 0 Å². The van der Waals surface area contributed by atoms with Gasteiger partial charge in [-0.2, -0.15) is 0 Å². The van der Waals surface area contributed by atoms with Crippen LogP contribution in [-0.4, -0.2) is 20.9 Å². The number of aliphatic carboxylic acids is 1. The van der Waals surface area contributed by atoms with E-state index in [0.29, 0.717) is 11.3 Å². The number of hydrogen-bond donors (Lipinski definition) is 2. The maximum Gasteiger partial charge on any atom is 0.308 e. The zero-order valence-electron chi connectivity index (χ0n) is 10.2. The Morgan fingerprint density at radius 3 is 2.61 bits per heavy atom. The minimum absolute atomic E-state index is 0.264. The first-order valence-corrected chi connectivity index (χ1v) is 5.59. The molecule has 0 fully saturated rings. The topological polar surface area (TPSA) is 75.1 Å². The molecule has 0 aliphatic rings. The van der Waals surface area contributed by atoms with Crippen molar-refractivity contribution in [2.75, 3.05) is 0 Å². The lowest BCUT2D eigenvalue weighted by Gasteiger charge is -2.08. The van der Waals surface area contributed by atoms with Gasteiger partial charge in [-0.05, 0) is 25.5 Å². The van der Waals surface area contributed by atoms with Gasteiger partial charge >= 0.3 is 5.97 Å². The lowest BCUT2D eigenvalue weighted by atomic mass is 10.1. The quantitative estimate of drug-likeness (QED) is 0.859. The van der Waals surface area contributed by atoms with Gasteiger partial charge in [0.05, 0.1) is 17.7 Å². The summed E-state index contributed by atoms with van der Waals surface area (Å²) in [5.74, 6) is -1.01. The Kier molecular flexibility index (Phi) is 3.06. The highest BCUT2D eigenvalue weighted by atomic mass is 16.4. The van der Waals surface area contributed by atoms with Gasteiger partial charge in [0, 0.05) is 5.69 Å². The molecule has 0 unspecified atom stereocenters.